The van der Waals surface area contributed by atoms with Gasteiger partial charge >= 0.3 is 5.97 Å². The van der Waals surface area contributed by atoms with Crippen LogP contribution in [0.15, 0.2) is 49.6 Å². The van der Waals surface area contributed by atoms with Crippen molar-refractivity contribution in [3.8, 4) is 0 Å². The first-order valence-corrected chi connectivity index (χ1v) is 15.4. The fraction of sp³-hybridized carbons (Fsp3) is 0.562. The van der Waals surface area contributed by atoms with Gasteiger partial charge in [-0.2, -0.15) is 0 Å². The summed E-state index contributed by atoms with van der Waals surface area (Å²) in [6.45, 7) is 9.73. The predicted octanol–water partition coefficient (Wildman–Crippen LogP) is 3.41. The molecule has 3 aliphatic heterocycles. The summed E-state index contributed by atoms with van der Waals surface area (Å²) in [5, 5.41) is 12.4. The molecule has 234 valence electrons. The summed E-state index contributed by atoms with van der Waals surface area (Å²) >= 11 is 6.50. The van der Waals surface area contributed by atoms with Crippen molar-refractivity contribution in [2.75, 3.05) is 31.1 Å². The summed E-state index contributed by atoms with van der Waals surface area (Å²) in [6.07, 6.45) is 5.69. The summed E-state index contributed by atoms with van der Waals surface area (Å²) in [4.78, 5) is 57.3. The van der Waals surface area contributed by atoms with Gasteiger partial charge < -0.3 is 29.7 Å². The Morgan fingerprint density at radius 2 is 2.02 bits per heavy atom. The Morgan fingerprint density at radius 3 is 2.72 bits per heavy atom. The number of para-hydroxylation sites is 1. The summed E-state index contributed by atoms with van der Waals surface area (Å²) in [7, 11) is 0. The van der Waals surface area contributed by atoms with Crippen LogP contribution >= 0.6 is 11.6 Å². The molecular formula is C32H42ClN3O7. The molecule has 4 rings (SSSR count). The Kier molecular flexibility index (Phi) is 11.0. The third-order valence-electron chi connectivity index (χ3n) is 8.56. The molecule has 6 atom stereocenters. The van der Waals surface area contributed by atoms with Gasteiger partial charge in [-0.25, -0.2) is 0 Å². The highest BCUT2D eigenvalue weighted by atomic mass is 35.5. The zero-order valence-corrected chi connectivity index (χ0v) is 25.5. The number of likely N-dealkylation sites (tertiary alicyclic amines) is 1. The zero-order valence-electron chi connectivity index (χ0n) is 24.7. The monoisotopic (exact) mass is 615 g/mol. The van der Waals surface area contributed by atoms with Crippen LogP contribution in [0.4, 0.5) is 5.69 Å². The molecule has 2 N–H and O–H groups in total. The molecule has 1 aromatic carbocycles. The first kappa shape index (κ1) is 32.7. The molecule has 1 spiro atoms. The maximum Gasteiger partial charge on any atom is 0.312 e. The van der Waals surface area contributed by atoms with Crippen LogP contribution in [0.5, 0.6) is 0 Å². The molecule has 0 aliphatic carbocycles. The molecule has 0 unspecified atom stereocenters. The number of amides is 3. The molecule has 11 heteroatoms. The molecule has 0 radical (unpaired) electrons. The highest BCUT2D eigenvalue weighted by Crippen LogP contribution is 2.59. The number of benzene rings is 1. The minimum Gasteiger partial charge on any atom is -0.460 e. The van der Waals surface area contributed by atoms with E-state index in [-0.39, 0.29) is 44.0 Å². The van der Waals surface area contributed by atoms with E-state index in [4.69, 9.17) is 21.1 Å². The quantitative estimate of drug-likeness (QED) is 0.166. The van der Waals surface area contributed by atoms with E-state index in [9.17, 15) is 24.3 Å². The van der Waals surface area contributed by atoms with Gasteiger partial charge in [0.15, 0.2) is 0 Å². The SMILES string of the molecule is C=CCCC(=O)NC[C@@H](C)OC(=O)[C@@H]1[C@@H]2CC[C@]3(O2)[C@H](C(=O)N(CC=C)c2ccccc2Cl)N(CCCCCO)C(=O)[C@@H]13. The summed E-state index contributed by atoms with van der Waals surface area (Å²) in [5.74, 6) is -3.15. The number of esters is 1. The van der Waals surface area contributed by atoms with Crippen molar-refractivity contribution in [2.24, 2.45) is 11.8 Å². The first-order chi connectivity index (χ1) is 20.7. The molecule has 3 aliphatic rings. The van der Waals surface area contributed by atoms with Crippen molar-refractivity contribution in [3.05, 3.63) is 54.6 Å². The van der Waals surface area contributed by atoms with Crippen LogP contribution in [0.1, 0.15) is 51.9 Å². The molecule has 0 aromatic heterocycles. The number of aliphatic hydroxyl groups excluding tert-OH is 1. The lowest BCUT2D eigenvalue weighted by Gasteiger charge is -2.37. The number of rotatable bonds is 16. The number of nitrogens with one attached hydrogen (secondary N) is 1. The summed E-state index contributed by atoms with van der Waals surface area (Å²) < 4.78 is 12.2. The van der Waals surface area contributed by atoms with Crippen molar-refractivity contribution >= 4 is 41.0 Å². The van der Waals surface area contributed by atoms with E-state index in [0.29, 0.717) is 55.7 Å². The predicted molar refractivity (Wildman–Crippen MR) is 162 cm³/mol. The van der Waals surface area contributed by atoms with Crippen LogP contribution < -0.4 is 10.2 Å². The Morgan fingerprint density at radius 1 is 1.26 bits per heavy atom. The Balaban J connectivity index is 1.60. The first-order valence-electron chi connectivity index (χ1n) is 15.0. The molecular weight excluding hydrogens is 574 g/mol. The number of allylic oxidation sites excluding steroid dienone is 1. The number of carbonyl (C=O) groups is 4. The van der Waals surface area contributed by atoms with E-state index >= 15 is 0 Å². The molecule has 3 amide bonds. The molecule has 0 saturated carbocycles. The van der Waals surface area contributed by atoms with Crippen molar-refractivity contribution in [1.29, 1.82) is 0 Å². The van der Waals surface area contributed by atoms with Crippen LogP contribution in [0.25, 0.3) is 0 Å². The minimum atomic E-state index is -1.19. The van der Waals surface area contributed by atoms with Crippen LogP contribution in [0.2, 0.25) is 5.02 Å². The Hall–Kier alpha value is -3.21. The lowest BCUT2D eigenvalue weighted by molar-refractivity contribution is -0.159. The number of fused-ring (bicyclic) bond motifs is 1. The molecule has 3 saturated heterocycles. The molecule has 3 fully saturated rings. The fourth-order valence-electron chi connectivity index (χ4n) is 6.66. The molecule has 3 heterocycles. The summed E-state index contributed by atoms with van der Waals surface area (Å²) in [6, 6.07) is 6.02. The van der Waals surface area contributed by atoms with Crippen molar-refractivity contribution < 1.29 is 33.8 Å². The normalized spacial score (nSPS) is 26.1. The number of halogens is 1. The van der Waals surface area contributed by atoms with Gasteiger partial charge in [0.25, 0.3) is 5.91 Å². The highest BCUT2D eigenvalue weighted by Gasteiger charge is 2.75. The van der Waals surface area contributed by atoms with Gasteiger partial charge in [-0.1, -0.05) is 35.9 Å². The molecule has 1 aromatic rings. The third kappa shape index (κ3) is 6.66. The third-order valence-corrected chi connectivity index (χ3v) is 8.88. The topological polar surface area (TPSA) is 125 Å². The second kappa shape index (κ2) is 14.5. The summed E-state index contributed by atoms with van der Waals surface area (Å²) in [5.41, 5.74) is -0.698. The average Bonchev–Trinajstić information content (AvgIpc) is 3.63. The van der Waals surface area contributed by atoms with Gasteiger partial charge in [0.1, 0.15) is 17.7 Å². The lowest BCUT2D eigenvalue weighted by Crippen LogP contribution is -2.56. The standard InChI is InChI=1S/C32H42ClN3O7/c1-4-6-14-25(38)34-20-21(3)42-31(41)26-24-15-16-32(43-24)27(26)29(39)36(18-10-7-11-19-37)28(32)30(40)35(17-5-2)23-13-9-8-12-22(23)33/h4-5,8-9,12-13,21,24,26-28,37H,1-2,6-7,10-11,14-20H2,3H3,(H,34,38)/t21-,24+,26-,27-,28+,32-/m1/s1. The van der Waals surface area contributed by atoms with E-state index in [1.165, 1.54) is 4.90 Å². The minimum absolute atomic E-state index is 0.0358. The van der Waals surface area contributed by atoms with Crippen molar-refractivity contribution in [2.45, 2.75) is 75.7 Å². The van der Waals surface area contributed by atoms with Crippen molar-refractivity contribution in [3.63, 3.8) is 0 Å². The molecule has 43 heavy (non-hydrogen) atoms. The van der Waals surface area contributed by atoms with E-state index in [1.54, 1.807) is 48.2 Å². The smallest absolute Gasteiger partial charge is 0.312 e. The van der Waals surface area contributed by atoms with Gasteiger partial charge in [0.05, 0.1) is 35.2 Å². The number of nitrogens with zero attached hydrogens (tertiary/aromatic N) is 2. The van der Waals surface area contributed by atoms with Crippen LogP contribution in [-0.4, -0.2) is 83.8 Å². The number of aliphatic hydroxyl groups is 1. The number of ether oxygens (including phenoxy) is 2. The van der Waals surface area contributed by atoms with Crippen LogP contribution in [-0.2, 0) is 28.7 Å². The number of unbranched alkanes of at least 4 members (excludes halogenated alkanes) is 2. The lowest BCUT2D eigenvalue weighted by atomic mass is 9.70. The second-order valence-electron chi connectivity index (χ2n) is 11.4. The molecule has 10 nitrogen and oxygen atoms in total. The number of carbonyl (C=O) groups excluding carboxylic acids is 4. The van der Waals surface area contributed by atoms with E-state index in [1.807, 2.05) is 0 Å². The molecule has 2 bridgehead atoms. The van der Waals surface area contributed by atoms with E-state index in [2.05, 4.69) is 18.5 Å². The largest absolute Gasteiger partial charge is 0.460 e. The van der Waals surface area contributed by atoms with E-state index in [0.717, 1.165) is 0 Å². The Bertz CT molecular complexity index is 1230. The number of hydrogen-bond donors (Lipinski definition) is 2. The number of anilines is 1. The fourth-order valence-corrected chi connectivity index (χ4v) is 6.90. The van der Waals surface area contributed by atoms with Crippen LogP contribution in [0.3, 0.4) is 0 Å². The second-order valence-corrected chi connectivity index (χ2v) is 11.8. The number of hydrogen-bond acceptors (Lipinski definition) is 7. The van der Waals surface area contributed by atoms with Crippen molar-refractivity contribution in [1.82, 2.24) is 10.2 Å². The highest BCUT2D eigenvalue weighted by molar-refractivity contribution is 6.34. The van der Waals surface area contributed by atoms with E-state index < -0.39 is 41.7 Å². The van der Waals surface area contributed by atoms with Gasteiger partial charge in [0, 0.05) is 26.1 Å². The Labute approximate surface area is 258 Å². The van der Waals surface area contributed by atoms with Gasteiger partial charge in [0.2, 0.25) is 11.8 Å². The average molecular weight is 616 g/mol. The van der Waals surface area contributed by atoms with Gasteiger partial charge in [-0.15, -0.1) is 13.2 Å². The van der Waals surface area contributed by atoms with Gasteiger partial charge in [-0.05, 0) is 57.6 Å². The maximum absolute atomic E-state index is 14.5. The van der Waals surface area contributed by atoms with Gasteiger partial charge in [-0.3, -0.25) is 19.2 Å². The zero-order chi connectivity index (χ0) is 31.1. The maximum atomic E-state index is 14.5. The van der Waals surface area contributed by atoms with Crippen LogP contribution in [0, 0.1) is 11.8 Å².